The molecular weight excluding hydrogens is 388 g/mol. The Morgan fingerprint density at radius 3 is 2.20 bits per heavy atom. The van der Waals surface area contributed by atoms with Gasteiger partial charge in [-0.25, -0.2) is 4.79 Å². The minimum atomic E-state index is -1.02. The van der Waals surface area contributed by atoms with Crippen LogP contribution < -0.4 is 5.32 Å². The molecule has 30 heavy (non-hydrogen) atoms. The predicted molar refractivity (Wildman–Crippen MR) is 115 cm³/mol. The minimum Gasteiger partial charge on any atom is -0.455 e. The maximum absolute atomic E-state index is 12.1. The summed E-state index contributed by atoms with van der Waals surface area (Å²) in [7, 11) is 4.86. The highest BCUT2D eigenvalue weighted by Gasteiger charge is 2.22. The first-order valence-electron chi connectivity index (χ1n) is 9.80. The fourth-order valence-electron chi connectivity index (χ4n) is 2.52. The Kier molecular flexibility index (Phi) is 11.0. The van der Waals surface area contributed by atoms with E-state index in [-0.39, 0.29) is 50.3 Å². The topological polar surface area (TPSA) is 113 Å². The predicted octanol–water partition coefficient (Wildman–Crippen LogP) is -2.20. The number of amides is 3. The molecule has 0 atom stereocenters. The number of rotatable bonds is 12. The van der Waals surface area contributed by atoms with Gasteiger partial charge in [0.05, 0.1) is 13.1 Å². The first-order chi connectivity index (χ1) is 14.3. The summed E-state index contributed by atoms with van der Waals surface area (Å²) in [5.41, 5.74) is 0.745. The van der Waals surface area contributed by atoms with Crippen molar-refractivity contribution in [3.63, 3.8) is 0 Å². The van der Waals surface area contributed by atoms with Gasteiger partial charge < -0.3 is 19.9 Å². The molecule has 0 aromatic heterocycles. The van der Waals surface area contributed by atoms with Crippen LogP contribution in [0.25, 0.3) is 0 Å². The molecule has 0 unspecified atom stereocenters. The monoisotopic (exact) mass is 415 g/mol. The molecular formula is C19H27B2N3O6. The quantitative estimate of drug-likeness (QED) is 0.236. The van der Waals surface area contributed by atoms with E-state index in [1.807, 2.05) is 6.07 Å². The Labute approximate surface area is 177 Å². The molecule has 9 nitrogen and oxygen atoms in total. The van der Waals surface area contributed by atoms with E-state index < -0.39 is 18.3 Å². The summed E-state index contributed by atoms with van der Waals surface area (Å²) in [6, 6.07) is 8.93. The number of carbonyl (C=O) groups is 5. The number of hydrogen-bond donors (Lipinski definition) is 1. The first-order valence-corrected chi connectivity index (χ1v) is 9.80. The molecule has 1 aromatic carbocycles. The van der Waals surface area contributed by atoms with Gasteiger partial charge in [0.15, 0.2) is 0 Å². The maximum Gasteiger partial charge on any atom is 0.376 e. The van der Waals surface area contributed by atoms with E-state index in [1.54, 1.807) is 40.0 Å². The summed E-state index contributed by atoms with van der Waals surface area (Å²) in [4.78, 5) is 62.1. The molecule has 0 aliphatic heterocycles. The molecule has 0 heterocycles. The van der Waals surface area contributed by atoms with Crippen LogP contribution in [0, 0.1) is 0 Å². The van der Waals surface area contributed by atoms with E-state index in [0.717, 1.165) is 5.56 Å². The third kappa shape index (κ3) is 8.93. The van der Waals surface area contributed by atoms with Gasteiger partial charge in [-0.1, -0.05) is 30.3 Å². The molecule has 1 N–H and O–H groups in total. The van der Waals surface area contributed by atoms with Crippen molar-refractivity contribution >= 4 is 45.2 Å². The summed E-state index contributed by atoms with van der Waals surface area (Å²) in [5.74, 6) is -2.72. The highest BCUT2D eigenvalue weighted by molar-refractivity contribution is 6.35. The van der Waals surface area contributed by atoms with E-state index in [1.165, 1.54) is 16.8 Å². The number of carbonyl (C=O) groups excluding carboxylic acids is 5. The molecule has 0 radical (unpaired) electrons. The van der Waals surface area contributed by atoms with Crippen LogP contribution in [0.2, 0.25) is 12.6 Å². The number of esters is 1. The van der Waals surface area contributed by atoms with Crippen LogP contribution >= 0.6 is 0 Å². The van der Waals surface area contributed by atoms with Crippen molar-refractivity contribution in [2.75, 3.05) is 33.2 Å². The van der Waals surface area contributed by atoms with E-state index in [4.69, 9.17) is 4.74 Å². The Morgan fingerprint density at radius 2 is 1.60 bits per heavy atom. The Balaban J connectivity index is 2.49. The van der Waals surface area contributed by atoms with Crippen molar-refractivity contribution in [3.8, 4) is 0 Å². The number of ketones is 1. The average Bonchev–Trinajstić information content (AvgIpc) is 2.75. The number of nitrogens with zero attached hydrogens (tertiary/aromatic N) is 2. The zero-order valence-corrected chi connectivity index (χ0v) is 17.7. The van der Waals surface area contributed by atoms with Crippen molar-refractivity contribution in [1.82, 2.24) is 15.1 Å². The van der Waals surface area contributed by atoms with Gasteiger partial charge in [-0.05, 0) is 18.2 Å². The van der Waals surface area contributed by atoms with Crippen molar-refractivity contribution < 1.29 is 28.7 Å². The molecule has 0 aliphatic carbocycles. The summed E-state index contributed by atoms with van der Waals surface area (Å²) in [6.07, 6.45) is 0.444. The lowest BCUT2D eigenvalue weighted by Crippen LogP contribution is -2.44. The number of Topliss-reactive ketones (excluding diaryl/α,β-unsaturated/α-hetero) is 1. The van der Waals surface area contributed by atoms with Gasteiger partial charge in [0.2, 0.25) is 17.7 Å². The SMILES string of the molecule is BCC(=O)N(C)CC(=O)NCCN(CC(=O)C(=O)OCc1ccccc1)C(=O)CB. The molecule has 0 saturated heterocycles. The second-order valence-corrected chi connectivity index (χ2v) is 6.61. The molecule has 11 heteroatoms. The third-order valence-electron chi connectivity index (χ3n) is 4.24. The number of nitrogens with one attached hydrogen (secondary N) is 1. The highest BCUT2D eigenvalue weighted by atomic mass is 16.5. The molecule has 160 valence electrons. The molecule has 1 rings (SSSR count). The van der Waals surface area contributed by atoms with E-state index in [0.29, 0.717) is 6.32 Å². The smallest absolute Gasteiger partial charge is 0.376 e. The molecule has 0 fully saturated rings. The molecule has 3 amide bonds. The normalized spacial score (nSPS) is 10.0. The molecule has 0 saturated carbocycles. The van der Waals surface area contributed by atoms with Crippen LogP contribution in [0.4, 0.5) is 0 Å². The summed E-state index contributed by atoms with van der Waals surface area (Å²) < 4.78 is 4.99. The van der Waals surface area contributed by atoms with E-state index in [9.17, 15) is 24.0 Å². The number of likely N-dealkylation sites (N-methyl/N-ethyl adjacent to an activating group) is 1. The lowest BCUT2D eigenvalue weighted by atomic mass is 10.0. The van der Waals surface area contributed by atoms with Gasteiger partial charge in [-0.3, -0.25) is 19.2 Å². The molecule has 1 aromatic rings. The van der Waals surface area contributed by atoms with Gasteiger partial charge >= 0.3 is 5.97 Å². The Morgan fingerprint density at radius 1 is 0.967 bits per heavy atom. The number of hydrogen-bond acceptors (Lipinski definition) is 6. The minimum absolute atomic E-state index is 0.0345. The lowest BCUT2D eigenvalue weighted by molar-refractivity contribution is -0.156. The van der Waals surface area contributed by atoms with Gasteiger partial charge in [-0.2, -0.15) is 0 Å². The summed E-state index contributed by atoms with van der Waals surface area (Å²) in [6.45, 7) is -0.413. The standard InChI is InChI=1S/C19H27B2N3O6/c1-23(17(27)9-20)12-16(26)22-7-8-24(18(28)10-21)11-15(25)19(29)30-13-14-5-3-2-4-6-14/h2-6H,7-13,20-21H2,1H3,(H,22,26). The fourth-order valence-corrected chi connectivity index (χ4v) is 2.52. The zero-order chi connectivity index (χ0) is 22.5. The number of ether oxygens (including phenoxy) is 1. The van der Waals surface area contributed by atoms with Crippen molar-refractivity contribution in [2.45, 2.75) is 19.2 Å². The molecule has 0 spiro atoms. The summed E-state index contributed by atoms with van der Waals surface area (Å²) in [5, 5.41) is 2.60. The van der Waals surface area contributed by atoms with E-state index >= 15 is 0 Å². The van der Waals surface area contributed by atoms with Gasteiger partial charge in [0, 0.05) is 20.1 Å². The average molecular weight is 415 g/mol. The van der Waals surface area contributed by atoms with E-state index in [2.05, 4.69) is 5.32 Å². The Bertz CT molecular complexity index is 760. The van der Waals surface area contributed by atoms with Crippen LogP contribution in [-0.4, -0.2) is 88.2 Å². The lowest BCUT2D eigenvalue weighted by Gasteiger charge is -2.22. The van der Waals surface area contributed by atoms with Crippen LogP contribution in [0.3, 0.4) is 0 Å². The van der Waals surface area contributed by atoms with Crippen LogP contribution in [0.1, 0.15) is 5.56 Å². The van der Waals surface area contributed by atoms with Crippen molar-refractivity contribution in [2.24, 2.45) is 0 Å². The van der Waals surface area contributed by atoms with Gasteiger partial charge in [-0.15, -0.1) is 0 Å². The largest absolute Gasteiger partial charge is 0.455 e. The van der Waals surface area contributed by atoms with Crippen LogP contribution in [-0.2, 0) is 35.3 Å². The first kappa shape index (κ1) is 24.9. The van der Waals surface area contributed by atoms with Crippen molar-refractivity contribution in [3.05, 3.63) is 35.9 Å². The summed E-state index contributed by atoms with van der Waals surface area (Å²) >= 11 is 0. The zero-order valence-electron chi connectivity index (χ0n) is 17.7. The highest BCUT2D eigenvalue weighted by Crippen LogP contribution is 2.02. The second kappa shape index (κ2) is 13.2. The number of benzene rings is 1. The Hall–Kier alpha value is -3.10. The van der Waals surface area contributed by atoms with Crippen LogP contribution in [0.15, 0.2) is 30.3 Å². The third-order valence-corrected chi connectivity index (χ3v) is 4.24. The fraction of sp³-hybridized carbons (Fsp3) is 0.421. The molecule has 0 bridgehead atoms. The molecule has 0 aliphatic rings. The van der Waals surface area contributed by atoms with Gasteiger partial charge in [0.25, 0.3) is 5.78 Å². The second-order valence-electron chi connectivity index (χ2n) is 6.61. The van der Waals surface area contributed by atoms with Gasteiger partial charge in [0.1, 0.15) is 22.3 Å². The van der Waals surface area contributed by atoms with Crippen LogP contribution in [0.5, 0.6) is 0 Å². The van der Waals surface area contributed by atoms with Crippen molar-refractivity contribution in [1.29, 1.82) is 0 Å². The maximum atomic E-state index is 12.1.